The van der Waals surface area contributed by atoms with Crippen molar-refractivity contribution >= 4 is 26.0 Å². The topological polar surface area (TPSA) is 46.2 Å². The van der Waals surface area contributed by atoms with Gasteiger partial charge in [0.2, 0.25) is 10.0 Å². The van der Waals surface area contributed by atoms with Gasteiger partial charge in [0.15, 0.2) is 0 Å². The van der Waals surface area contributed by atoms with Gasteiger partial charge in [-0.05, 0) is 48.9 Å². The van der Waals surface area contributed by atoms with Crippen molar-refractivity contribution in [1.82, 2.24) is 4.72 Å². The molecule has 0 spiro atoms. The molecule has 1 aromatic carbocycles. The molecule has 0 bridgehead atoms. The van der Waals surface area contributed by atoms with E-state index in [4.69, 9.17) is 0 Å². The molecule has 1 saturated carbocycles. The van der Waals surface area contributed by atoms with Gasteiger partial charge in [0.05, 0.1) is 4.90 Å². The molecule has 1 aliphatic carbocycles. The van der Waals surface area contributed by atoms with Crippen molar-refractivity contribution in [3.8, 4) is 0 Å². The average Bonchev–Trinajstić information content (AvgIpc) is 2.96. The molecule has 0 amide bonds. The first kappa shape index (κ1) is 13.1. The molecule has 0 saturated heterocycles. The summed E-state index contributed by atoms with van der Waals surface area (Å²) in [7, 11) is -3.35. The van der Waals surface area contributed by atoms with Gasteiger partial charge < -0.3 is 0 Å². The lowest BCUT2D eigenvalue weighted by Crippen LogP contribution is -2.26. The molecule has 2 rings (SSSR count). The summed E-state index contributed by atoms with van der Waals surface area (Å²) >= 11 is 3.36. The van der Waals surface area contributed by atoms with Crippen molar-refractivity contribution < 1.29 is 8.42 Å². The number of aryl methyl sites for hydroxylation is 1. The first-order valence-electron chi connectivity index (χ1n) is 5.66. The minimum atomic E-state index is -3.35. The summed E-state index contributed by atoms with van der Waals surface area (Å²) in [6.07, 6.45) is 1.13. The normalized spacial score (nSPS) is 23.7. The summed E-state index contributed by atoms with van der Waals surface area (Å²) in [6.45, 7) is 4.58. The van der Waals surface area contributed by atoms with Crippen molar-refractivity contribution in [2.24, 2.45) is 11.8 Å². The van der Waals surface area contributed by atoms with Gasteiger partial charge in [-0.1, -0.05) is 22.9 Å². The average molecular weight is 318 g/mol. The molecule has 94 valence electrons. The molecule has 2 atom stereocenters. The van der Waals surface area contributed by atoms with Crippen molar-refractivity contribution in [2.45, 2.75) is 25.2 Å². The van der Waals surface area contributed by atoms with E-state index >= 15 is 0 Å². The van der Waals surface area contributed by atoms with Crippen LogP contribution < -0.4 is 4.72 Å². The van der Waals surface area contributed by atoms with Gasteiger partial charge in [0, 0.05) is 11.0 Å². The molecule has 17 heavy (non-hydrogen) atoms. The molecule has 0 heterocycles. The van der Waals surface area contributed by atoms with Crippen molar-refractivity contribution in [1.29, 1.82) is 0 Å². The predicted octanol–water partition coefficient (Wildman–Crippen LogP) is 2.69. The van der Waals surface area contributed by atoms with E-state index < -0.39 is 10.0 Å². The maximum absolute atomic E-state index is 12.0. The van der Waals surface area contributed by atoms with Crippen LogP contribution in [0.5, 0.6) is 0 Å². The molecule has 5 heteroatoms. The number of nitrogens with one attached hydrogen (secondary N) is 1. The number of sulfonamides is 1. The van der Waals surface area contributed by atoms with E-state index in [0.29, 0.717) is 23.3 Å². The Balaban J connectivity index is 2.10. The Hall–Kier alpha value is -0.390. The second-order valence-electron chi connectivity index (χ2n) is 4.74. The third-order valence-corrected chi connectivity index (χ3v) is 5.56. The Labute approximate surface area is 111 Å². The molecular formula is C12H16BrNO2S. The molecule has 3 nitrogen and oxygen atoms in total. The zero-order chi connectivity index (χ0) is 12.6. The van der Waals surface area contributed by atoms with Crippen LogP contribution in [0.2, 0.25) is 0 Å². The maximum atomic E-state index is 12.0. The first-order chi connectivity index (χ1) is 7.90. The van der Waals surface area contributed by atoms with Crippen LogP contribution in [0.4, 0.5) is 0 Å². The third-order valence-electron chi connectivity index (χ3n) is 3.25. The maximum Gasteiger partial charge on any atom is 0.240 e. The molecular weight excluding hydrogens is 302 g/mol. The highest BCUT2D eigenvalue weighted by atomic mass is 79.9. The van der Waals surface area contributed by atoms with E-state index in [1.807, 2.05) is 6.92 Å². The van der Waals surface area contributed by atoms with Crippen LogP contribution in [-0.4, -0.2) is 15.0 Å². The quantitative estimate of drug-likeness (QED) is 0.928. The fourth-order valence-corrected chi connectivity index (χ4v) is 3.19. The lowest BCUT2D eigenvalue weighted by molar-refractivity contribution is 0.574. The zero-order valence-corrected chi connectivity index (χ0v) is 12.3. The van der Waals surface area contributed by atoms with Gasteiger partial charge in [-0.2, -0.15) is 0 Å². The van der Waals surface area contributed by atoms with Crippen LogP contribution >= 0.6 is 15.9 Å². The second kappa shape index (κ2) is 4.71. The highest BCUT2D eigenvalue weighted by Gasteiger charge is 2.33. The van der Waals surface area contributed by atoms with E-state index in [0.717, 1.165) is 16.5 Å². The number of benzene rings is 1. The Bertz CT molecular complexity index is 527. The van der Waals surface area contributed by atoms with E-state index in [-0.39, 0.29) is 0 Å². The monoisotopic (exact) mass is 317 g/mol. The molecule has 0 radical (unpaired) electrons. The summed E-state index contributed by atoms with van der Waals surface area (Å²) in [5.74, 6) is 1.17. The van der Waals surface area contributed by atoms with Gasteiger partial charge in [0.25, 0.3) is 0 Å². The highest BCUT2D eigenvalue weighted by molar-refractivity contribution is 9.10. The van der Waals surface area contributed by atoms with E-state index in [2.05, 4.69) is 27.6 Å². The van der Waals surface area contributed by atoms with Crippen molar-refractivity contribution in [3.63, 3.8) is 0 Å². The Morgan fingerprint density at radius 2 is 2.12 bits per heavy atom. The number of hydrogen-bond acceptors (Lipinski definition) is 2. The van der Waals surface area contributed by atoms with Gasteiger partial charge in [-0.3, -0.25) is 0 Å². The molecule has 1 aliphatic rings. The SMILES string of the molecule is Cc1cc(S(=O)(=O)NCC2CC2C)ccc1Br. The van der Waals surface area contributed by atoms with Crippen LogP contribution in [0.25, 0.3) is 0 Å². The van der Waals surface area contributed by atoms with Gasteiger partial charge in [0.1, 0.15) is 0 Å². The summed E-state index contributed by atoms with van der Waals surface area (Å²) in [5.41, 5.74) is 0.924. The predicted molar refractivity (Wildman–Crippen MR) is 71.3 cm³/mol. The fraction of sp³-hybridized carbons (Fsp3) is 0.500. The van der Waals surface area contributed by atoms with Crippen LogP contribution in [0, 0.1) is 18.8 Å². The number of halogens is 1. The zero-order valence-electron chi connectivity index (χ0n) is 9.90. The lowest BCUT2D eigenvalue weighted by atomic mass is 10.2. The van der Waals surface area contributed by atoms with Crippen molar-refractivity contribution in [3.05, 3.63) is 28.2 Å². The summed E-state index contributed by atoms with van der Waals surface area (Å²) < 4.78 is 27.6. The van der Waals surface area contributed by atoms with E-state index in [9.17, 15) is 8.42 Å². The van der Waals surface area contributed by atoms with Gasteiger partial charge >= 0.3 is 0 Å². The van der Waals surface area contributed by atoms with Crippen molar-refractivity contribution in [2.75, 3.05) is 6.54 Å². The Kier molecular flexibility index (Phi) is 3.61. The summed E-state index contributed by atoms with van der Waals surface area (Å²) in [6, 6.07) is 5.07. The molecule has 0 aromatic heterocycles. The lowest BCUT2D eigenvalue weighted by Gasteiger charge is -2.07. The molecule has 1 aromatic rings. The fourth-order valence-electron chi connectivity index (χ4n) is 1.77. The standard InChI is InChI=1S/C12H16BrNO2S/c1-8-5-10(8)7-14-17(15,16)11-3-4-12(13)9(2)6-11/h3-4,6,8,10,14H,5,7H2,1-2H3. The Morgan fingerprint density at radius 3 is 2.65 bits per heavy atom. The van der Waals surface area contributed by atoms with Crippen LogP contribution in [0.15, 0.2) is 27.6 Å². The summed E-state index contributed by atoms with van der Waals surface area (Å²) in [4.78, 5) is 0.339. The van der Waals surface area contributed by atoms with Gasteiger partial charge in [-0.25, -0.2) is 13.1 Å². The molecule has 2 unspecified atom stereocenters. The van der Waals surface area contributed by atoms with Crippen LogP contribution in [0.1, 0.15) is 18.9 Å². The highest BCUT2D eigenvalue weighted by Crippen LogP contribution is 2.37. The smallest absolute Gasteiger partial charge is 0.211 e. The second-order valence-corrected chi connectivity index (χ2v) is 7.36. The number of hydrogen-bond donors (Lipinski definition) is 1. The number of rotatable bonds is 4. The third kappa shape index (κ3) is 3.09. The van der Waals surface area contributed by atoms with E-state index in [1.54, 1.807) is 18.2 Å². The summed E-state index contributed by atoms with van der Waals surface area (Å²) in [5, 5.41) is 0. The molecule has 0 aliphatic heterocycles. The largest absolute Gasteiger partial charge is 0.240 e. The molecule has 1 fully saturated rings. The minimum absolute atomic E-state index is 0.339. The minimum Gasteiger partial charge on any atom is -0.211 e. The van der Waals surface area contributed by atoms with Gasteiger partial charge in [-0.15, -0.1) is 0 Å². The van der Waals surface area contributed by atoms with Crippen LogP contribution in [-0.2, 0) is 10.0 Å². The Morgan fingerprint density at radius 1 is 1.47 bits per heavy atom. The first-order valence-corrected chi connectivity index (χ1v) is 7.93. The molecule has 1 N–H and O–H groups in total. The van der Waals surface area contributed by atoms with Crippen LogP contribution in [0.3, 0.4) is 0 Å². The van der Waals surface area contributed by atoms with E-state index in [1.165, 1.54) is 0 Å².